The summed E-state index contributed by atoms with van der Waals surface area (Å²) in [6, 6.07) is 3.63. The van der Waals surface area contributed by atoms with E-state index in [1.54, 1.807) is 0 Å². The van der Waals surface area contributed by atoms with Gasteiger partial charge in [-0.15, -0.1) is 12.4 Å². The van der Waals surface area contributed by atoms with Crippen LogP contribution in [0.1, 0.15) is 26.2 Å². The molecule has 2 heterocycles. The van der Waals surface area contributed by atoms with Crippen LogP contribution in [0.2, 0.25) is 0 Å². The van der Waals surface area contributed by atoms with Gasteiger partial charge in [0.25, 0.3) is 0 Å². The zero-order valence-corrected chi connectivity index (χ0v) is 16.4. The SMILES string of the molecule is CC1NCCCC1NS(=O)(=O)c1ccc(OCC2CCOC2)c(F)c1.Cl. The van der Waals surface area contributed by atoms with Crippen LogP contribution < -0.4 is 14.8 Å². The van der Waals surface area contributed by atoms with E-state index in [1.165, 1.54) is 12.1 Å². The molecule has 3 atom stereocenters. The summed E-state index contributed by atoms with van der Waals surface area (Å²) in [5.74, 6) is -0.347. The van der Waals surface area contributed by atoms with Crippen molar-refractivity contribution in [2.75, 3.05) is 26.4 Å². The molecule has 0 amide bonds. The van der Waals surface area contributed by atoms with Gasteiger partial charge in [0, 0.05) is 24.6 Å². The van der Waals surface area contributed by atoms with Crippen molar-refractivity contribution in [3.8, 4) is 5.75 Å². The van der Waals surface area contributed by atoms with Crippen molar-refractivity contribution >= 4 is 22.4 Å². The van der Waals surface area contributed by atoms with Crippen LogP contribution in [0.3, 0.4) is 0 Å². The number of benzene rings is 1. The fraction of sp³-hybridized carbons (Fsp3) is 0.647. The maximum atomic E-state index is 14.2. The molecule has 0 radical (unpaired) electrons. The molecule has 3 rings (SSSR count). The highest BCUT2D eigenvalue weighted by atomic mass is 35.5. The Morgan fingerprint density at radius 1 is 1.38 bits per heavy atom. The molecule has 1 aromatic carbocycles. The highest BCUT2D eigenvalue weighted by Crippen LogP contribution is 2.23. The molecule has 3 unspecified atom stereocenters. The van der Waals surface area contributed by atoms with Crippen LogP contribution in [0, 0.1) is 11.7 Å². The average molecular weight is 409 g/mol. The summed E-state index contributed by atoms with van der Waals surface area (Å²) < 4.78 is 52.7. The van der Waals surface area contributed by atoms with Crippen LogP contribution in [0.25, 0.3) is 0 Å². The van der Waals surface area contributed by atoms with Gasteiger partial charge < -0.3 is 14.8 Å². The van der Waals surface area contributed by atoms with Gasteiger partial charge in [0.1, 0.15) is 0 Å². The van der Waals surface area contributed by atoms with Crippen molar-refractivity contribution in [3.05, 3.63) is 24.0 Å². The van der Waals surface area contributed by atoms with Crippen LogP contribution in [0.5, 0.6) is 5.75 Å². The molecule has 2 N–H and O–H groups in total. The highest BCUT2D eigenvalue weighted by molar-refractivity contribution is 7.89. The number of sulfonamides is 1. The van der Waals surface area contributed by atoms with Crippen LogP contribution in [0.4, 0.5) is 4.39 Å². The molecule has 9 heteroatoms. The molecule has 0 spiro atoms. The minimum absolute atomic E-state index is 0. The fourth-order valence-electron chi connectivity index (χ4n) is 3.16. The third-order valence-electron chi connectivity index (χ3n) is 4.78. The molecular formula is C17H26ClFN2O4S. The number of hydrogen-bond acceptors (Lipinski definition) is 5. The van der Waals surface area contributed by atoms with E-state index in [4.69, 9.17) is 9.47 Å². The zero-order valence-electron chi connectivity index (χ0n) is 14.7. The van der Waals surface area contributed by atoms with E-state index in [-0.39, 0.29) is 41.1 Å². The maximum Gasteiger partial charge on any atom is 0.240 e. The predicted octanol–water partition coefficient (Wildman–Crippen LogP) is 2.08. The van der Waals surface area contributed by atoms with E-state index in [0.29, 0.717) is 19.8 Å². The number of nitrogens with one attached hydrogen (secondary N) is 2. The largest absolute Gasteiger partial charge is 0.490 e. The number of hydrogen-bond donors (Lipinski definition) is 2. The Morgan fingerprint density at radius 2 is 2.19 bits per heavy atom. The monoisotopic (exact) mass is 408 g/mol. The van der Waals surface area contributed by atoms with Crippen LogP contribution in [0.15, 0.2) is 23.1 Å². The summed E-state index contributed by atoms with van der Waals surface area (Å²) in [6.45, 7) is 4.51. The molecule has 6 nitrogen and oxygen atoms in total. The van der Waals surface area contributed by atoms with Crippen molar-refractivity contribution < 1.29 is 22.3 Å². The number of halogens is 2. The molecule has 0 aromatic heterocycles. The van der Waals surface area contributed by atoms with Gasteiger partial charge in [-0.3, -0.25) is 0 Å². The molecule has 1 aromatic rings. The third kappa shape index (κ3) is 5.29. The maximum absolute atomic E-state index is 14.2. The summed E-state index contributed by atoms with van der Waals surface area (Å²) >= 11 is 0. The number of piperidine rings is 1. The molecule has 0 saturated carbocycles. The number of ether oxygens (including phenoxy) is 2. The van der Waals surface area contributed by atoms with Gasteiger partial charge in [0.05, 0.1) is 18.1 Å². The molecule has 2 aliphatic heterocycles. The van der Waals surface area contributed by atoms with Crippen LogP contribution in [-0.2, 0) is 14.8 Å². The molecule has 0 bridgehead atoms. The second-order valence-corrected chi connectivity index (χ2v) is 8.46. The first-order chi connectivity index (χ1) is 12.0. The quantitative estimate of drug-likeness (QED) is 0.753. The summed E-state index contributed by atoms with van der Waals surface area (Å²) in [5.41, 5.74) is 0. The van der Waals surface area contributed by atoms with Gasteiger partial charge in [0.15, 0.2) is 11.6 Å². The van der Waals surface area contributed by atoms with Gasteiger partial charge >= 0.3 is 0 Å². The Labute approximate surface area is 160 Å². The van der Waals surface area contributed by atoms with E-state index >= 15 is 0 Å². The Morgan fingerprint density at radius 3 is 2.85 bits per heavy atom. The van der Waals surface area contributed by atoms with E-state index in [2.05, 4.69) is 10.0 Å². The van der Waals surface area contributed by atoms with Crippen molar-refractivity contribution in [1.29, 1.82) is 0 Å². The molecule has 2 fully saturated rings. The smallest absolute Gasteiger partial charge is 0.240 e. The summed E-state index contributed by atoms with van der Waals surface area (Å²) in [7, 11) is -3.77. The van der Waals surface area contributed by atoms with Crippen molar-refractivity contribution in [1.82, 2.24) is 10.0 Å². The Hall–Kier alpha value is -0.930. The van der Waals surface area contributed by atoms with Crippen molar-refractivity contribution in [2.45, 2.75) is 43.2 Å². The fourth-order valence-corrected chi connectivity index (χ4v) is 4.52. The second-order valence-electron chi connectivity index (χ2n) is 6.75. The van der Waals surface area contributed by atoms with Gasteiger partial charge in [-0.1, -0.05) is 0 Å². The highest BCUT2D eigenvalue weighted by Gasteiger charge is 2.27. The van der Waals surface area contributed by atoms with Crippen molar-refractivity contribution in [3.63, 3.8) is 0 Å². The van der Waals surface area contributed by atoms with Gasteiger partial charge in [0.2, 0.25) is 10.0 Å². The Balaban J connectivity index is 0.00000243. The first-order valence-electron chi connectivity index (χ1n) is 8.71. The predicted molar refractivity (Wildman–Crippen MR) is 98.9 cm³/mol. The number of rotatable bonds is 6. The molecule has 148 valence electrons. The molecule has 2 aliphatic rings. The molecule has 26 heavy (non-hydrogen) atoms. The normalized spacial score (nSPS) is 26.3. The lowest BCUT2D eigenvalue weighted by molar-refractivity contribution is 0.165. The van der Waals surface area contributed by atoms with E-state index in [1.807, 2.05) is 6.92 Å². The van der Waals surface area contributed by atoms with E-state index < -0.39 is 15.8 Å². The molecular weight excluding hydrogens is 383 g/mol. The van der Waals surface area contributed by atoms with Gasteiger partial charge in [-0.25, -0.2) is 17.5 Å². The topological polar surface area (TPSA) is 76.7 Å². The standard InChI is InChI=1S/C17H25FN2O4S.ClH/c1-12-16(3-2-7-19-12)20-25(21,22)14-4-5-17(15(18)9-14)24-11-13-6-8-23-10-13;/h4-5,9,12-13,16,19-20H,2-3,6-8,10-11H2,1H3;1H. The molecule has 0 aliphatic carbocycles. The Bertz CT molecular complexity index is 698. The zero-order chi connectivity index (χ0) is 17.9. The lowest BCUT2D eigenvalue weighted by Crippen LogP contribution is -2.51. The summed E-state index contributed by atoms with van der Waals surface area (Å²) in [5, 5.41) is 3.24. The van der Waals surface area contributed by atoms with Crippen molar-refractivity contribution in [2.24, 2.45) is 5.92 Å². The van der Waals surface area contributed by atoms with Crippen LogP contribution >= 0.6 is 12.4 Å². The first kappa shape index (κ1) is 21.4. The lowest BCUT2D eigenvalue weighted by Gasteiger charge is -2.30. The second kappa shape index (κ2) is 9.32. The van der Waals surface area contributed by atoms with Gasteiger partial charge in [-0.2, -0.15) is 0 Å². The minimum Gasteiger partial charge on any atom is -0.490 e. The minimum atomic E-state index is -3.77. The third-order valence-corrected chi connectivity index (χ3v) is 6.27. The first-order valence-corrected chi connectivity index (χ1v) is 10.2. The van der Waals surface area contributed by atoms with E-state index in [9.17, 15) is 12.8 Å². The van der Waals surface area contributed by atoms with Crippen LogP contribution in [-0.4, -0.2) is 46.9 Å². The molecule has 2 saturated heterocycles. The van der Waals surface area contributed by atoms with E-state index in [0.717, 1.165) is 31.9 Å². The van der Waals surface area contributed by atoms with Gasteiger partial charge in [-0.05, 0) is 50.9 Å². The summed E-state index contributed by atoms with van der Waals surface area (Å²) in [6.07, 6.45) is 2.57. The lowest BCUT2D eigenvalue weighted by atomic mass is 10.0. The Kier molecular flexibility index (Phi) is 7.66. The average Bonchev–Trinajstić information content (AvgIpc) is 3.09. The summed E-state index contributed by atoms with van der Waals surface area (Å²) in [4.78, 5) is -0.0840.